The van der Waals surface area contributed by atoms with E-state index in [2.05, 4.69) is 0 Å². The molecule has 0 atom stereocenters. The van der Waals surface area contributed by atoms with Crippen molar-refractivity contribution in [2.24, 2.45) is 0 Å². The van der Waals surface area contributed by atoms with Crippen LogP contribution in [0.1, 0.15) is 5.56 Å². The second kappa shape index (κ2) is 4.78. The molecule has 1 nitrogen and oxygen atoms in total. The highest BCUT2D eigenvalue weighted by Gasteiger charge is 2.14. The van der Waals surface area contributed by atoms with E-state index in [4.69, 9.17) is 5.11 Å². The van der Waals surface area contributed by atoms with E-state index in [1.807, 2.05) is 0 Å². The van der Waals surface area contributed by atoms with Crippen LogP contribution < -0.4 is 0 Å². The average Bonchev–Trinajstić information content (AvgIpc) is 2.34. The van der Waals surface area contributed by atoms with Crippen molar-refractivity contribution in [1.29, 1.82) is 0 Å². The van der Waals surface area contributed by atoms with Gasteiger partial charge in [0.05, 0.1) is 6.61 Å². The molecular formula is C13H8F4O. The molecule has 94 valence electrons. The lowest BCUT2D eigenvalue weighted by atomic mass is 9.99. The molecule has 0 saturated carbocycles. The van der Waals surface area contributed by atoms with Gasteiger partial charge in [-0.3, -0.25) is 0 Å². The Kier molecular flexibility index (Phi) is 3.34. The second-order valence-electron chi connectivity index (χ2n) is 3.71. The van der Waals surface area contributed by atoms with Crippen molar-refractivity contribution in [3.63, 3.8) is 0 Å². The van der Waals surface area contributed by atoms with Crippen LogP contribution in [0.4, 0.5) is 17.6 Å². The number of rotatable bonds is 2. The van der Waals surface area contributed by atoms with Gasteiger partial charge < -0.3 is 5.11 Å². The zero-order valence-corrected chi connectivity index (χ0v) is 9.05. The number of hydrogen-bond acceptors (Lipinski definition) is 1. The Morgan fingerprint density at radius 3 is 2.11 bits per heavy atom. The summed E-state index contributed by atoms with van der Waals surface area (Å²) >= 11 is 0. The minimum absolute atomic E-state index is 0.00565. The molecule has 0 radical (unpaired) electrons. The topological polar surface area (TPSA) is 20.2 Å². The van der Waals surface area contributed by atoms with E-state index >= 15 is 0 Å². The molecule has 0 aromatic heterocycles. The highest BCUT2D eigenvalue weighted by Crippen LogP contribution is 2.29. The highest BCUT2D eigenvalue weighted by atomic mass is 19.2. The summed E-state index contributed by atoms with van der Waals surface area (Å²) in [4.78, 5) is 0. The van der Waals surface area contributed by atoms with Crippen LogP contribution in [0, 0.1) is 23.3 Å². The van der Waals surface area contributed by atoms with Gasteiger partial charge in [0.2, 0.25) is 0 Å². The summed E-state index contributed by atoms with van der Waals surface area (Å²) in [6, 6.07) is 4.33. The van der Waals surface area contributed by atoms with Crippen molar-refractivity contribution in [3.8, 4) is 11.1 Å². The quantitative estimate of drug-likeness (QED) is 0.645. The maximum absolute atomic E-state index is 13.6. The fraction of sp³-hybridized carbons (Fsp3) is 0.0769. The van der Waals surface area contributed by atoms with Crippen LogP contribution >= 0.6 is 0 Å². The van der Waals surface area contributed by atoms with Gasteiger partial charge in [-0.05, 0) is 29.3 Å². The van der Waals surface area contributed by atoms with E-state index in [1.165, 1.54) is 6.07 Å². The summed E-state index contributed by atoms with van der Waals surface area (Å²) in [5, 5.41) is 9.07. The van der Waals surface area contributed by atoms with Gasteiger partial charge in [0.25, 0.3) is 0 Å². The molecule has 0 aliphatic heterocycles. The van der Waals surface area contributed by atoms with Crippen LogP contribution in [0.25, 0.3) is 11.1 Å². The van der Waals surface area contributed by atoms with Crippen molar-refractivity contribution >= 4 is 0 Å². The zero-order valence-electron chi connectivity index (χ0n) is 9.05. The molecule has 0 aliphatic carbocycles. The van der Waals surface area contributed by atoms with E-state index in [9.17, 15) is 17.6 Å². The van der Waals surface area contributed by atoms with Gasteiger partial charge in [0.1, 0.15) is 11.6 Å². The Labute approximate surface area is 100 Å². The molecule has 0 unspecified atom stereocenters. The third-order valence-electron chi connectivity index (χ3n) is 2.54. The van der Waals surface area contributed by atoms with E-state index < -0.39 is 29.9 Å². The molecule has 0 amide bonds. The maximum Gasteiger partial charge on any atom is 0.161 e. The third-order valence-corrected chi connectivity index (χ3v) is 2.54. The molecule has 1 N–H and O–H groups in total. The molecule has 0 bridgehead atoms. The fourth-order valence-corrected chi connectivity index (χ4v) is 1.67. The Morgan fingerprint density at radius 2 is 1.44 bits per heavy atom. The van der Waals surface area contributed by atoms with Gasteiger partial charge in [-0.1, -0.05) is 6.07 Å². The summed E-state index contributed by atoms with van der Waals surface area (Å²) in [5.41, 5.74) is -0.0762. The van der Waals surface area contributed by atoms with Gasteiger partial charge >= 0.3 is 0 Å². The maximum atomic E-state index is 13.6. The summed E-state index contributed by atoms with van der Waals surface area (Å²) in [6.07, 6.45) is 0. The van der Waals surface area contributed by atoms with E-state index in [-0.39, 0.29) is 16.7 Å². The smallest absolute Gasteiger partial charge is 0.161 e. The molecule has 0 spiro atoms. The van der Waals surface area contributed by atoms with Crippen molar-refractivity contribution in [1.82, 2.24) is 0 Å². The lowest BCUT2D eigenvalue weighted by molar-refractivity contribution is 0.282. The Hall–Kier alpha value is -1.88. The number of aliphatic hydroxyl groups is 1. The molecule has 2 aromatic carbocycles. The third kappa shape index (κ3) is 2.22. The Balaban J connectivity index is 2.68. The van der Waals surface area contributed by atoms with Crippen molar-refractivity contribution in [2.75, 3.05) is 0 Å². The first kappa shape index (κ1) is 12.6. The number of aliphatic hydroxyl groups excluding tert-OH is 1. The van der Waals surface area contributed by atoms with Gasteiger partial charge in [-0.25, -0.2) is 17.6 Å². The van der Waals surface area contributed by atoms with Gasteiger partial charge in [-0.15, -0.1) is 0 Å². The normalized spacial score (nSPS) is 10.7. The van der Waals surface area contributed by atoms with Crippen molar-refractivity contribution in [3.05, 3.63) is 59.2 Å². The van der Waals surface area contributed by atoms with Crippen LogP contribution in [0.3, 0.4) is 0 Å². The van der Waals surface area contributed by atoms with E-state index in [0.29, 0.717) is 12.1 Å². The van der Waals surface area contributed by atoms with Crippen LogP contribution in [-0.2, 0) is 6.61 Å². The molecule has 0 heterocycles. The lowest BCUT2D eigenvalue weighted by Crippen LogP contribution is -1.96. The van der Waals surface area contributed by atoms with Crippen LogP contribution in [0.2, 0.25) is 0 Å². The second-order valence-corrected chi connectivity index (χ2v) is 3.71. The molecule has 0 fully saturated rings. The first-order chi connectivity index (χ1) is 8.52. The molecule has 2 aromatic rings. The summed E-state index contributed by atoms with van der Waals surface area (Å²) < 4.78 is 52.5. The van der Waals surface area contributed by atoms with Gasteiger partial charge in [0.15, 0.2) is 11.6 Å². The molecule has 5 heteroatoms. The number of halogens is 4. The first-order valence-electron chi connectivity index (χ1n) is 5.07. The highest BCUT2D eigenvalue weighted by molar-refractivity contribution is 5.68. The van der Waals surface area contributed by atoms with Crippen molar-refractivity contribution in [2.45, 2.75) is 6.61 Å². The zero-order chi connectivity index (χ0) is 13.3. The van der Waals surface area contributed by atoms with E-state index in [0.717, 1.165) is 12.1 Å². The SMILES string of the molecule is OCc1ccc(F)cc1-c1cc(F)c(F)cc1F. The molecule has 18 heavy (non-hydrogen) atoms. The van der Waals surface area contributed by atoms with Crippen LogP contribution in [0.5, 0.6) is 0 Å². The molecule has 2 rings (SSSR count). The van der Waals surface area contributed by atoms with Crippen LogP contribution in [-0.4, -0.2) is 5.11 Å². The summed E-state index contributed by atoms with van der Waals surface area (Å²) in [6.45, 7) is -0.464. The summed E-state index contributed by atoms with van der Waals surface area (Å²) in [5.74, 6) is -4.24. The monoisotopic (exact) mass is 256 g/mol. The largest absolute Gasteiger partial charge is 0.392 e. The molecular weight excluding hydrogens is 248 g/mol. The number of benzene rings is 2. The van der Waals surface area contributed by atoms with E-state index in [1.54, 1.807) is 0 Å². The minimum atomic E-state index is -1.32. The van der Waals surface area contributed by atoms with Gasteiger partial charge in [0, 0.05) is 11.6 Å². The molecule has 0 saturated heterocycles. The predicted molar refractivity (Wildman–Crippen MR) is 57.6 cm³/mol. The summed E-state index contributed by atoms with van der Waals surface area (Å²) in [7, 11) is 0. The minimum Gasteiger partial charge on any atom is -0.392 e. The lowest BCUT2D eigenvalue weighted by Gasteiger charge is -2.09. The predicted octanol–water partition coefficient (Wildman–Crippen LogP) is 3.40. The standard InChI is InChI=1S/C13H8F4O/c14-8-2-1-7(6-18)9(3-8)10-4-12(16)13(17)5-11(10)15/h1-5,18H,6H2. The van der Waals surface area contributed by atoms with Crippen LogP contribution in [0.15, 0.2) is 30.3 Å². The Bertz CT molecular complexity index is 596. The first-order valence-corrected chi connectivity index (χ1v) is 5.07. The number of hydrogen-bond donors (Lipinski definition) is 1. The average molecular weight is 256 g/mol. The fourth-order valence-electron chi connectivity index (χ4n) is 1.67. The molecule has 0 aliphatic rings. The Morgan fingerprint density at radius 1 is 0.778 bits per heavy atom. The van der Waals surface area contributed by atoms with Crippen molar-refractivity contribution < 1.29 is 22.7 Å². The van der Waals surface area contributed by atoms with Gasteiger partial charge in [-0.2, -0.15) is 0 Å².